The van der Waals surface area contributed by atoms with E-state index in [9.17, 15) is 0 Å². The second kappa shape index (κ2) is 4.43. The minimum absolute atomic E-state index is 0.368. The Morgan fingerprint density at radius 3 is 2.41 bits per heavy atom. The van der Waals surface area contributed by atoms with Gasteiger partial charge >= 0.3 is 0 Å². The predicted molar refractivity (Wildman–Crippen MR) is 70.9 cm³/mol. The van der Waals surface area contributed by atoms with Gasteiger partial charge in [0.1, 0.15) is 0 Å². The van der Waals surface area contributed by atoms with Gasteiger partial charge in [-0.15, -0.1) is 0 Å². The Morgan fingerprint density at radius 1 is 1.18 bits per heavy atom. The van der Waals surface area contributed by atoms with Gasteiger partial charge in [0.15, 0.2) is 0 Å². The number of rotatable bonds is 2. The third-order valence-electron chi connectivity index (χ3n) is 4.77. The van der Waals surface area contributed by atoms with Gasteiger partial charge in [0.2, 0.25) is 0 Å². The summed E-state index contributed by atoms with van der Waals surface area (Å²) in [5.41, 5.74) is 7.89. The lowest BCUT2D eigenvalue weighted by Crippen LogP contribution is -2.62. The highest BCUT2D eigenvalue weighted by Gasteiger charge is 2.42. The predicted octanol–water partition coefficient (Wildman–Crippen LogP) is 2.21. The molecule has 92 valence electrons. The first-order valence-electron chi connectivity index (χ1n) is 6.82. The summed E-state index contributed by atoms with van der Waals surface area (Å²) in [6.45, 7) is 4.83. The number of nitrogens with two attached hydrogens (primary N) is 1. The van der Waals surface area contributed by atoms with Gasteiger partial charge in [-0.1, -0.05) is 37.3 Å². The van der Waals surface area contributed by atoms with Gasteiger partial charge in [-0.2, -0.15) is 0 Å². The topological polar surface area (TPSA) is 29.3 Å². The van der Waals surface area contributed by atoms with Crippen molar-refractivity contribution < 1.29 is 0 Å². The molecule has 2 nitrogen and oxygen atoms in total. The Kier molecular flexibility index (Phi) is 2.93. The van der Waals surface area contributed by atoms with Crippen molar-refractivity contribution in [2.75, 3.05) is 13.1 Å². The summed E-state index contributed by atoms with van der Waals surface area (Å²) in [6, 6.07) is 11.7. The summed E-state index contributed by atoms with van der Waals surface area (Å²) >= 11 is 0. The summed E-state index contributed by atoms with van der Waals surface area (Å²) in [7, 11) is 0. The van der Waals surface area contributed by atoms with Crippen molar-refractivity contribution in [3.63, 3.8) is 0 Å². The average Bonchev–Trinajstić information content (AvgIpc) is 2.40. The fourth-order valence-electron chi connectivity index (χ4n) is 3.73. The molecule has 4 rings (SSSR count). The molecule has 0 amide bonds. The van der Waals surface area contributed by atoms with E-state index in [0.717, 1.165) is 5.92 Å². The maximum Gasteiger partial charge on any atom is 0.0315 e. The molecule has 0 aliphatic carbocycles. The summed E-state index contributed by atoms with van der Waals surface area (Å²) in [5.74, 6) is 1.31. The molecular weight excluding hydrogens is 208 g/mol. The Hall–Kier alpha value is -0.860. The molecule has 2 bridgehead atoms. The van der Waals surface area contributed by atoms with E-state index in [1.807, 2.05) is 0 Å². The van der Waals surface area contributed by atoms with Crippen molar-refractivity contribution in [2.45, 2.75) is 37.8 Å². The van der Waals surface area contributed by atoms with Crippen molar-refractivity contribution in [2.24, 2.45) is 11.7 Å². The fraction of sp³-hybridized carbons (Fsp3) is 0.600. The van der Waals surface area contributed by atoms with E-state index < -0.39 is 0 Å². The van der Waals surface area contributed by atoms with Gasteiger partial charge in [0, 0.05) is 12.1 Å². The molecule has 1 aromatic carbocycles. The molecule has 0 aromatic heterocycles. The van der Waals surface area contributed by atoms with Crippen molar-refractivity contribution in [3.05, 3.63) is 35.9 Å². The third kappa shape index (κ3) is 1.90. The van der Waals surface area contributed by atoms with Crippen LogP contribution in [0.15, 0.2) is 30.3 Å². The van der Waals surface area contributed by atoms with E-state index >= 15 is 0 Å². The monoisotopic (exact) mass is 230 g/mol. The Balaban J connectivity index is 1.84. The Morgan fingerprint density at radius 2 is 1.82 bits per heavy atom. The van der Waals surface area contributed by atoms with Crippen LogP contribution in [0.5, 0.6) is 0 Å². The molecule has 0 saturated carbocycles. The lowest BCUT2D eigenvalue weighted by molar-refractivity contribution is 0.0171. The number of benzene rings is 1. The molecule has 2 N–H and O–H groups in total. The number of piperidine rings is 3. The highest BCUT2D eigenvalue weighted by Crippen LogP contribution is 2.37. The molecule has 0 spiro atoms. The van der Waals surface area contributed by atoms with Crippen LogP contribution >= 0.6 is 0 Å². The van der Waals surface area contributed by atoms with Crippen molar-refractivity contribution in [3.8, 4) is 0 Å². The molecule has 3 saturated heterocycles. The maximum absolute atomic E-state index is 6.46. The summed E-state index contributed by atoms with van der Waals surface area (Å²) < 4.78 is 0. The fourth-order valence-corrected chi connectivity index (χ4v) is 3.73. The zero-order chi connectivity index (χ0) is 11.8. The molecule has 1 unspecified atom stereocenters. The lowest BCUT2D eigenvalue weighted by Gasteiger charge is -2.52. The highest BCUT2D eigenvalue weighted by molar-refractivity contribution is 5.22. The van der Waals surface area contributed by atoms with E-state index in [1.165, 1.54) is 31.5 Å². The van der Waals surface area contributed by atoms with Gasteiger partial charge < -0.3 is 5.73 Å². The second-order valence-corrected chi connectivity index (χ2v) is 5.64. The van der Waals surface area contributed by atoms with Crippen molar-refractivity contribution in [1.29, 1.82) is 0 Å². The first-order chi connectivity index (χ1) is 8.27. The number of hydrogen-bond donors (Lipinski definition) is 1. The third-order valence-corrected chi connectivity index (χ3v) is 4.77. The van der Waals surface area contributed by atoms with Crippen LogP contribution in [0.1, 0.15) is 31.2 Å². The summed E-state index contributed by atoms with van der Waals surface area (Å²) in [5, 5.41) is 0. The molecule has 2 heteroatoms. The van der Waals surface area contributed by atoms with Crippen LogP contribution in [0.3, 0.4) is 0 Å². The van der Waals surface area contributed by atoms with E-state index in [1.54, 1.807) is 0 Å². The van der Waals surface area contributed by atoms with Gasteiger partial charge in [0.05, 0.1) is 0 Å². The standard InChI is InChI=1S/C15H22N2/c1-11(12-5-3-2-4-6-12)15-14(16)13-7-9-17(15)10-8-13/h2-6,11,13-15H,7-10,16H2,1H3/t11?,14-,15+/m1/s1. The molecule has 3 heterocycles. The number of nitrogens with zero attached hydrogens (tertiary/aromatic N) is 1. The van der Waals surface area contributed by atoms with Crippen LogP contribution in [0.4, 0.5) is 0 Å². The van der Waals surface area contributed by atoms with Crippen LogP contribution < -0.4 is 5.73 Å². The Bertz CT molecular complexity index is 366. The largest absolute Gasteiger partial charge is 0.326 e. The Labute approximate surface area is 104 Å². The zero-order valence-corrected chi connectivity index (χ0v) is 10.5. The number of hydrogen-bond acceptors (Lipinski definition) is 2. The van der Waals surface area contributed by atoms with Crippen LogP contribution in [0.25, 0.3) is 0 Å². The molecule has 0 radical (unpaired) electrons. The molecule has 3 aliphatic heterocycles. The smallest absolute Gasteiger partial charge is 0.0315 e. The summed E-state index contributed by atoms with van der Waals surface area (Å²) in [4.78, 5) is 2.61. The molecule has 17 heavy (non-hydrogen) atoms. The van der Waals surface area contributed by atoms with Crippen LogP contribution in [-0.4, -0.2) is 30.1 Å². The maximum atomic E-state index is 6.46. The average molecular weight is 230 g/mol. The van der Waals surface area contributed by atoms with Crippen LogP contribution in [0, 0.1) is 5.92 Å². The van der Waals surface area contributed by atoms with Gasteiger partial charge in [0.25, 0.3) is 0 Å². The number of fused-ring (bicyclic) bond motifs is 3. The highest BCUT2D eigenvalue weighted by atomic mass is 15.2. The normalized spacial score (nSPS) is 38.0. The van der Waals surface area contributed by atoms with Gasteiger partial charge in [-0.05, 0) is 43.3 Å². The first kappa shape index (κ1) is 11.2. The molecule has 3 fully saturated rings. The van der Waals surface area contributed by atoms with Crippen LogP contribution in [-0.2, 0) is 0 Å². The van der Waals surface area contributed by atoms with Crippen molar-refractivity contribution in [1.82, 2.24) is 4.90 Å². The van der Waals surface area contributed by atoms with Crippen molar-refractivity contribution >= 4 is 0 Å². The summed E-state index contributed by atoms with van der Waals surface area (Å²) in [6.07, 6.45) is 2.61. The zero-order valence-electron chi connectivity index (χ0n) is 10.5. The van der Waals surface area contributed by atoms with Gasteiger partial charge in [-0.3, -0.25) is 4.90 Å². The minimum atomic E-state index is 0.368. The van der Waals surface area contributed by atoms with E-state index in [4.69, 9.17) is 5.73 Å². The minimum Gasteiger partial charge on any atom is -0.326 e. The van der Waals surface area contributed by atoms with E-state index in [0.29, 0.717) is 18.0 Å². The van der Waals surface area contributed by atoms with E-state index in [-0.39, 0.29) is 0 Å². The first-order valence-corrected chi connectivity index (χ1v) is 6.82. The lowest BCUT2D eigenvalue weighted by atomic mass is 9.73. The second-order valence-electron chi connectivity index (χ2n) is 5.64. The molecule has 1 aromatic rings. The quantitative estimate of drug-likeness (QED) is 0.844. The van der Waals surface area contributed by atoms with Gasteiger partial charge in [-0.25, -0.2) is 0 Å². The molecule has 3 atom stereocenters. The SMILES string of the molecule is CC(c1ccccc1)[C@H]1[C@H](N)C2CCN1CC2. The van der Waals surface area contributed by atoms with Crippen LogP contribution in [0.2, 0.25) is 0 Å². The molecular formula is C15H22N2. The molecule has 3 aliphatic rings. The van der Waals surface area contributed by atoms with E-state index in [2.05, 4.69) is 42.2 Å².